The first-order chi connectivity index (χ1) is 6.31. The van der Waals surface area contributed by atoms with Crippen molar-refractivity contribution in [2.75, 3.05) is 0 Å². The van der Waals surface area contributed by atoms with Crippen LogP contribution in [0.1, 0.15) is 0 Å². The fraction of sp³-hybridized carbons (Fsp3) is 0.800. The minimum atomic E-state index is -1.15. The van der Waals surface area contributed by atoms with Crippen LogP contribution >= 0.6 is 143 Å². The fourth-order valence-electron chi connectivity index (χ4n) is 0.439. The number of hydrogen-bond acceptors (Lipinski definition) is 1. The maximum atomic E-state index is 10.9. The molecular formula is C5Br9O. The second-order valence-electron chi connectivity index (χ2n) is 2.32. The number of alkyl halides is 9. The van der Waals surface area contributed by atoms with E-state index in [0.717, 1.165) is 0 Å². The second kappa shape index (κ2) is 6.18. The Morgan fingerprint density at radius 3 is 1.20 bits per heavy atom. The van der Waals surface area contributed by atoms with Crippen molar-refractivity contribution >= 4 is 150 Å². The van der Waals surface area contributed by atoms with Crippen molar-refractivity contribution in [1.82, 2.24) is 0 Å². The van der Waals surface area contributed by atoms with Crippen molar-refractivity contribution in [1.29, 1.82) is 0 Å². The van der Waals surface area contributed by atoms with Gasteiger partial charge in [-0.25, -0.2) is 0 Å². The summed E-state index contributed by atoms with van der Waals surface area (Å²) in [5, 5.41) is 0. The minimum absolute atomic E-state index is 0.726. The van der Waals surface area contributed by atoms with Crippen LogP contribution in [0.5, 0.6) is 0 Å². The van der Waals surface area contributed by atoms with E-state index in [2.05, 4.69) is 143 Å². The average Bonchev–Trinajstić information content (AvgIpc) is 2.01. The van der Waals surface area contributed by atoms with Gasteiger partial charge in [0.05, 0.1) is 0 Å². The molecule has 1 nitrogen and oxygen atoms in total. The van der Waals surface area contributed by atoms with Gasteiger partial charge in [-0.05, 0) is 0 Å². The van der Waals surface area contributed by atoms with E-state index in [0.29, 0.717) is 0 Å². The lowest BCUT2D eigenvalue weighted by Crippen LogP contribution is -2.54. The van der Waals surface area contributed by atoms with E-state index >= 15 is 0 Å². The van der Waals surface area contributed by atoms with Gasteiger partial charge in [-0.2, -0.15) is 0 Å². The Morgan fingerprint density at radius 1 is 0.667 bits per heavy atom. The van der Waals surface area contributed by atoms with E-state index in [-0.39, 0.29) is 0 Å². The summed E-state index contributed by atoms with van der Waals surface area (Å²) in [5.41, 5.74) is 0. The first-order valence-corrected chi connectivity index (χ1v) is 10.0. The molecule has 0 aliphatic heterocycles. The summed E-state index contributed by atoms with van der Waals surface area (Å²) < 4.78 is -3.65. The molecule has 1 radical (unpaired) electrons. The van der Waals surface area contributed by atoms with Crippen LogP contribution < -0.4 is 0 Å². The number of hydrogen-bond donors (Lipinski definition) is 0. The quantitative estimate of drug-likeness (QED) is 0.303. The standard InChI is InChI=1S/C5Br9O/c6-2(7,1-15)3(8,9)4(10,11)5(12,13)14. The van der Waals surface area contributed by atoms with Gasteiger partial charge in [0.25, 0.3) is 0 Å². The van der Waals surface area contributed by atoms with Gasteiger partial charge in [-0.15, -0.1) is 0 Å². The van der Waals surface area contributed by atoms with Crippen LogP contribution in [-0.2, 0) is 4.79 Å². The van der Waals surface area contributed by atoms with Crippen molar-refractivity contribution in [2.24, 2.45) is 0 Å². The molecule has 0 fully saturated rings. The predicted molar refractivity (Wildman–Crippen MR) is 97.0 cm³/mol. The largest absolute Gasteiger partial charge is 0.288 e. The number of rotatable bonds is 3. The van der Waals surface area contributed by atoms with E-state index in [1.165, 1.54) is 0 Å². The molecular weight excluding hydrogens is 795 g/mol. The fourth-order valence-corrected chi connectivity index (χ4v) is 5.94. The van der Waals surface area contributed by atoms with E-state index in [1.54, 1.807) is 0 Å². The van der Waals surface area contributed by atoms with Gasteiger partial charge >= 0.3 is 0 Å². The van der Waals surface area contributed by atoms with Crippen LogP contribution in [0, 0.1) is 0 Å². The Labute approximate surface area is 163 Å². The van der Waals surface area contributed by atoms with E-state index in [1.807, 2.05) is 6.29 Å². The highest BCUT2D eigenvalue weighted by Crippen LogP contribution is 2.67. The van der Waals surface area contributed by atoms with Crippen molar-refractivity contribution in [3.05, 3.63) is 0 Å². The molecule has 0 aliphatic carbocycles. The molecule has 0 aromatic carbocycles. The van der Waals surface area contributed by atoms with Crippen molar-refractivity contribution in [3.63, 3.8) is 0 Å². The smallest absolute Gasteiger partial charge is 0.230 e. The van der Waals surface area contributed by atoms with E-state index in [4.69, 9.17) is 0 Å². The van der Waals surface area contributed by atoms with Crippen LogP contribution in [-0.4, -0.2) is 18.1 Å². The zero-order valence-corrected chi connectivity index (χ0v) is 20.6. The molecule has 0 saturated heterocycles. The molecule has 0 atom stereocenters. The summed E-state index contributed by atoms with van der Waals surface area (Å²) in [7, 11) is 0. The lowest BCUT2D eigenvalue weighted by molar-refractivity contribution is 0.547. The molecule has 0 saturated carbocycles. The third-order valence-electron chi connectivity index (χ3n) is 1.27. The van der Waals surface area contributed by atoms with Crippen LogP contribution in [0.4, 0.5) is 0 Å². The van der Waals surface area contributed by atoms with Gasteiger partial charge in [0, 0.05) is 0 Å². The zero-order valence-electron chi connectivity index (χ0n) is 6.31. The third-order valence-corrected chi connectivity index (χ3v) is 16.8. The Bertz CT molecular complexity index is 252. The van der Waals surface area contributed by atoms with Crippen LogP contribution in [0.25, 0.3) is 0 Å². The number of halogens is 9. The topological polar surface area (TPSA) is 17.1 Å². The predicted octanol–water partition coefficient (Wildman–Crippen LogP) is 6.39. The molecule has 0 unspecified atom stereocenters. The first kappa shape index (κ1) is 19.0. The van der Waals surface area contributed by atoms with Crippen molar-refractivity contribution in [2.45, 2.75) is 11.8 Å². The summed E-state index contributed by atoms with van der Waals surface area (Å²) in [6, 6.07) is 0. The van der Waals surface area contributed by atoms with Gasteiger partial charge in [0.15, 0.2) is 5.38 Å². The van der Waals surface area contributed by atoms with Gasteiger partial charge in [0.2, 0.25) is 6.29 Å². The summed E-state index contributed by atoms with van der Waals surface area (Å²) in [5.74, 6) is 0. The monoisotopic (exact) mass is 786 g/mol. The zero-order chi connectivity index (χ0) is 12.7. The highest BCUT2D eigenvalue weighted by molar-refractivity contribution is 9.42. The molecule has 89 valence electrons. The highest BCUT2D eigenvalue weighted by atomic mass is 80.0. The molecule has 0 aromatic heterocycles. The second-order valence-corrected chi connectivity index (χ2v) is 19.4. The highest BCUT2D eigenvalue weighted by Gasteiger charge is 2.65. The first-order valence-electron chi connectivity index (χ1n) is 2.90. The molecule has 0 bridgehead atoms. The Kier molecular flexibility index (Phi) is 7.82. The van der Waals surface area contributed by atoms with E-state index < -0.39 is 11.8 Å². The van der Waals surface area contributed by atoms with Crippen LogP contribution in [0.15, 0.2) is 0 Å². The molecule has 0 aromatic rings. The molecule has 0 heterocycles. The van der Waals surface area contributed by atoms with E-state index in [9.17, 15) is 4.79 Å². The maximum absolute atomic E-state index is 10.9. The summed E-state index contributed by atoms with van der Waals surface area (Å²) in [6.45, 7) is 0. The third kappa shape index (κ3) is 3.98. The minimum Gasteiger partial charge on any atom is -0.288 e. The Morgan fingerprint density at radius 2 is 1.00 bits per heavy atom. The molecule has 0 N–H and O–H groups in total. The molecule has 0 amide bonds. The maximum Gasteiger partial charge on any atom is 0.230 e. The average molecular weight is 795 g/mol. The number of carbonyl (C=O) groups excluding carboxylic acids is 1. The lowest BCUT2D eigenvalue weighted by Gasteiger charge is -2.44. The SMILES string of the molecule is O=[C]C(Br)(Br)C(Br)(Br)C(Br)(Br)C(Br)(Br)Br. The van der Waals surface area contributed by atoms with Crippen molar-refractivity contribution in [3.8, 4) is 0 Å². The van der Waals surface area contributed by atoms with Crippen LogP contribution in [0.3, 0.4) is 0 Å². The summed E-state index contributed by atoms with van der Waals surface area (Å²) in [4.78, 5) is 10.9. The van der Waals surface area contributed by atoms with Crippen LogP contribution in [0.2, 0.25) is 0 Å². The normalized spacial score (nSPS) is 15.3. The molecule has 0 aliphatic rings. The molecule has 10 heteroatoms. The molecule has 0 rings (SSSR count). The van der Waals surface area contributed by atoms with Crippen molar-refractivity contribution < 1.29 is 4.79 Å². The van der Waals surface area contributed by atoms with Gasteiger partial charge in [-0.3, -0.25) is 4.79 Å². The summed E-state index contributed by atoms with van der Waals surface area (Å²) >= 11 is 30.2. The van der Waals surface area contributed by atoms with Gasteiger partial charge in [-0.1, -0.05) is 143 Å². The van der Waals surface area contributed by atoms with Gasteiger partial charge < -0.3 is 0 Å². The lowest BCUT2D eigenvalue weighted by atomic mass is 10.2. The Balaban J connectivity index is 5.47. The summed E-state index contributed by atoms with van der Waals surface area (Å²) in [6.07, 6.45) is 1.83. The molecule has 15 heavy (non-hydrogen) atoms. The van der Waals surface area contributed by atoms with Gasteiger partial charge in [0.1, 0.15) is 6.47 Å². The molecule has 0 spiro atoms. The Hall–Kier alpha value is 3.99.